The standard InChI is InChI=1S/C21H26ClFN2O3S/c1-3-4-5-13-24-21(26)15-25(14-18-19(22)7-6-8-20(18)23)29(27,28)17-11-9-16(2)10-12-17/h6-12H,3-5,13-15H2,1-2H3,(H,24,26). The van der Waals surface area contributed by atoms with Gasteiger partial charge in [-0.3, -0.25) is 4.79 Å². The van der Waals surface area contributed by atoms with Crippen molar-refractivity contribution in [1.82, 2.24) is 9.62 Å². The highest BCUT2D eigenvalue weighted by Gasteiger charge is 2.28. The van der Waals surface area contributed by atoms with Gasteiger partial charge in [-0.25, -0.2) is 12.8 Å². The minimum atomic E-state index is -4.03. The van der Waals surface area contributed by atoms with Crippen molar-refractivity contribution >= 4 is 27.5 Å². The van der Waals surface area contributed by atoms with Crippen LogP contribution in [0.5, 0.6) is 0 Å². The molecule has 8 heteroatoms. The minimum absolute atomic E-state index is 0.0311. The number of aryl methyl sites for hydroxylation is 1. The highest BCUT2D eigenvalue weighted by molar-refractivity contribution is 7.89. The number of nitrogens with one attached hydrogen (secondary N) is 1. The zero-order chi connectivity index (χ0) is 21.4. The van der Waals surface area contributed by atoms with Crippen LogP contribution >= 0.6 is 11.6 Å². The van der Waals surface area contributed by atoms with Crippen molar-refractivity contribution < 1.29 is 17.6 Å². The highest BCUT2D eigenvalue weighted by atomic mass is 35.5. The molecule has 0 fully saturated rings. The number of sulfonamides is 1. The van der Waals surface area contributed by atoms with Crippen LogP contribution in [-0.2, 0) is 21.4 Å². The smallest absolute Gasteiger partial charge is 0.243 e. The maximum absolute atomic E-state index is 14.3. The van der Waals surface area contributed by atoms with Crippen molar-refractivity contribution in [2.24, 2.45) is 0 Å². The van der Waals surface area contributed by atoms with Crippen LogP contribution in [0.2, 0.25) is 5.02 Å². The summed E-state index contributed by atoms with van der Waals surface area (Å²) in [6, 6.07) is 10.4. The van der Waals surface area contributed by atoms with Crippen molar-refractivity contribution in [3.05, 3.63) is 64.4 Å². The third-order valence-corrected chi connectivity index (χ3v) is 6.64. The zero-order valence-electron chi connectivity index (χ0n) is 16.6. The lowest BCUT2D eigenvalue weighted by molar-refractivity contribution is -0.121. The lowest BCUT2D eigenvalue weighted by atomic mass is 10.2. The van der Waals surface area contributed by atoms with Gasteiger partial charge < -0.3 is 5.32 Å². The van der Waals surface area contributed by atoms with Crippen LogP contribution in [0.3, 0.4) is 0 Å². The summed E-state index contributed by atoms with van der Waals surface area (Å²) in [6.45, 7) is 3.59. The second-order valence-electron chi connectivity index (χ2n) is 6.84. The van der Waals surface area contributed by atoms with Crippen LogP contribution in [0.25, 0.3) is 0 Å². The number of hydrogen-bond acceptors (Lipinski definition) is 3. The fourth-order valence-corrected chi connectivity index (χ4v) is 4.35. The summed E-state index contributed by atoms with van der Waals surface area (Å²) in [4.78, 5) is 12.4. The van der Waals surface area contributed by atoms with Crippen LogP contribution in [-0.4, -0.2) is 31.7 Å². The number of hydrogen-bond donors (Lipinski definition) is 1. The summed E-state index contributed by atoms with van der Waals surface area (Å²) in [5.74, 6) is -1.06. The molecule has 1 amide bonds. The second kappa shape index (κ2) is 10.7. The average molecular weight is 441 g/mol. The number of amides is 1. The van der Waals surface area contributed by atoms with Crippen molar-refractivity contribution in [3.8, 4) is 0 Å². The Bertz CT molecular complexity index is 913. The molecular weight excluding hydrogens is 415 g/mol. The number of unbranched alkanes of at least 4 members (excludes halogenated alkanes) is 2. The van der Waals surface area contributed by atoms with Crippen LogP contribution < -0.4 is 5.32 Å². The van der Waals surface area contributed by atoms with Gasteiger partial charge in [0.15, 0.2) is 0 Å². The summed E-state index contributed by atoms with van der Waals surface area (Å²) in [5, 5.41) is 2.83. The first-order chi connectivity index (χ1) is 13.8. The molecule has 0 bridgehead atoms. The quantitative estimate of drug-likeness (QED) is 0.560. The van der Waals surface area contributed by atoms with E-state index in [1.807, 2.05) is 6.92 Å². The van der Waals surface area contributed by atoms with E-state index in [0.717, 1.165) is 29.1 Å². The molecule has 0 aliphatic carbocycles. The second-order valence-corrected chi connectivity index (χ2v) is 9.19. The first-order valence-electron chi connectivity index (χ1n) is 9.52. The molecule has 29 heavy (non-hydrogen) atoms. The van der Waals surface area contributed by atoms with Crippen LogP contribution in [0, 0.1) is 12.7 Å². The van der Waals surface area contributed by atoms with E-state index in [-0.39, 0.29) is 22.0 Å². The number of halogens is 2. The van der Waals surface area contributed by atoms with E-state index in [1.54, 1.807) is 12.1 Å². The Labute approximate surface area is 176 Å². The molecule has 0 heterocycles. The van der Waals surface area contributed by atoms with Gasteiger partial charge in [-0.1, -0.05) is 55.1 Å². The third kappa shape index (κ3) is 6.52. The molecule has 0 saturated heterocycles. The van der Waals surface area contributed by atoms with Crippen molar-refractivity contribution in [1.29, 1.82) is 0 Å². The Balaban J connectivity index is 2.29. The number of carbonyl (C=O) groups excluding carboxylic acids is 1. The number of nitrogens with zero attached hydrogens (tertiary/aromatic N) is 1. The van der Waals surface area contributed by atoms with E-state index < -0.39 is 28.3 Å². The van der Waals surface area contributed by atoms with Gasteiger partial charge in [0.05, 0.1) is 11.4 Å². The highest BCUT2D eigenvalue weighted by Crippen LogP contribution is 2.24. The van der Waals surface area contributed by atoms with E-state index in [2.05, 4.69) is 12.2 Å². The largest absolute Gasteiger partial charge is 0.355 e. The lowest BCUT2D eigenvalue weighted by Gasteiger charge is -2.23. The van der Waals surface area contributed by atoms with E-state index in [1.165, 1.54) is 30.3 Å². The van der Waals surface area contributed by atoms with Crippen LogP contribution in [0.4, 0.5) is 4.39 Å². The molecule has 0 spiro atoms. The van der Waals surface area contributed by atoms with Gasteiger partial charge in [-0.15, -0.1) is 0 Å². The molecular formula is C21H26ClFN2O3S. The monoisotopic (exact) mass is 440 g/mol. The number of rotatable bonds is 10. The molecule has 2 rings (SSSR count). The molecule has 0 aliphatic rings. The van der Waals surface area contributed by atoms with Gasteiger partial charge in [0.2, 0.25) is 15.9 Å². The molecule has 0 aromatic heterocycles. The first-order valence-corrected chi connectivity index (χ1v) is 11.3. The molecule has 158 valence electrons. The molecule has 0 atom stereocenters. The maximum Gasteiger partial charge on any atom is 0.243 e. The van der Waals surface area contributed by atoms with Gasteiger partial charge in [0.1, 0.15) is 5.82 Å². The van der Waals surface area contributed by atoms with E-state index in [4.69, 9.17) is 11.6 Å². The molecule has 0 saturated carbocycles. The first kappa shape index (κ1) is 23.3. The topological polar surface area (TPSA) is 66.5 Å². The number of benzene rings is 2. The Morgan fingerprint density at radius 1 is 1.14 bits per heavy atom. The van der Waals surface area contributed by atoms with E-state index in [0.29, 0.717) is 6.54 Å². The molecule has 5 nitrogen and oxygen atoms in total. The predicted molar refractivity (Wildman–Crippen MR) is 113 cm³/mol. The van der Waals surface area contributed by atoms with Gasteiger partial charge in [-0.05, 0) is 37.6 Å². The lowest BCUT2D eigenvalue weighted by Crippen LogP contribution is -2.40. The zero-order valence-corrected chi connectivity index (χ0v) is 18.2. The summed E-state index contributed by atoms with van der Waals surface area (Å²) in [5.41, 5.74) is 0.935. The maximum atomic E-state index is 14.3. The normalized spacial score (nSPS) is 11.6. The number of carbonyl (C=O) groups is 1. The van der Waals surface area contributed by atoms with Gasteiger partial charge in [0, 0.05) is 23.7 Å². The minimum Gasteiger partial charge on any atom is -0.355 e. The summed E-state index contributed by atoms with van der Waals surface area (Å²) < 4.78 is 41.6. The molecule has 0 unspecified atom stereocenters. The van der Waals surface area contributed by atoms with Crippen LogP contribution in [0.15, 0.2) is 47.4 Å². The Kier molecular flexibility index (Phi) is 8.61. The third-order valence-electron chi connectivity index (χ3n) is 4.48. The van der Waals surface area contributed by atoms with E-state index in [9.17, 15) is 17.6 Å². The Hall–Kier alpha value is -1.96. The van der Waals surface area contributed by atoms with Crippen molar-refractivity contribution in [3.63, 3.8) is 0 Å². The Morgan fingerprint density at radius 3 is 2.45 bits per heavy atom. The average Bonchev–Trinajstić information content (AvgIpc) is 2.67. The van der Waals surface area contributed by atoms with Crippen molar-refractivity contribution in [2.75, 3.05) is 13.1 Å². The Morgan fingerprint density at radius 2 is 1.83 bits per heavy atom. The van der Waals surface area contributed by atoms with E-state index >= 15 is 0 Å². The van der Waals surface area contributed by atoms with Gasteiger partial charge >= 0.3 is 0 Å². The van der Waals surface area contributed by atoms with Gasteiger partial charge in [0.25, 0.3) is 0 Å². The van der Waals surface area contributed by atoms with Crippen molar-refractivity contribution in [2.45, 2.75) is 44.6 Å². The van der Waals surface area contributed by atoms with Crippen LogP contribution in [0.1, 0.15) is 37.3 Å². The SMILES string of the molecule is CCCCCNC(=O)CN(Cc1c(F)cccc1Cl)S(=O)(=O)c1ccc(C)cc1. The summed E-state index contributed by atoms with van der Waals surface area (Å²) in [6.07, 6.45) is 2.79. The molecule has 0 aliphatic heterocycles. The summed E-state index contributed by atoms with van der Waals surface area (Å²) in [7, 11) is -4.03. The molecule has 2 aromatic carbocycles. The fourth-order valence-electron chi connectivity index (χ4n) is 2.76. The predicted octanol–water partition coefficient (Wildman–Crippen LogP) is 4.28. The summed E-state index contributed by atoms with van der Waals surface area (Å²) >= 11 is 6.08. The molecule has 2 aromatic rings. The van der Waals surface area contributed by atoms with Gasteiger partial charge in [-0.2, -0.15) is 4.31 Å². The fraction of sp³-hybridized carbons (Fsp3) is 0.381. The molecule has 1 N–H and O–H groups in total. The molecule has 0 radical (unpaired) electrons.